The van der Waals surface area contributed by atoms with Crippen molar-refractivity contribution in [1.82, 2.24) is 5.32 Å². The fourth-order valence-corrected chi connectivity index (χ4v) is 4.71. The van der Waals surface area contributed by atoms with E-state index in [0.29, 0.717) is 6.04 Å². The summed E-state index contributed by atoms with van der Waals surface area (Å²) < 4.78 is 0. The van der Waals surface area contributed by atoms with Crippen molar-refractivity contribution >= 4 is 11.3 Å². The van der Waals surface area contributed by atoms with Crippen molar-refractivity contribution in [3.63, 3.8) is 0 Å². The maximum absolute atomic E-state index is 3.75. The monoisotopic (exact) mass is 279 g/mol. The highest BCUT2D eigenvalue weighted by atomic mass is 32.1. The number of hydrogen-bond donors (Lipinski definition) is 1. The third-order valence-corrected chi connectivity index (χ3v) is 5.77. The van der Waals surface area contributed by atoms with E-state index in [2.05, 4.69) is 37.5 Å². The molecule has 1 N–H and O–H groups in total. The fourth-order valence-electron chi connectivity index (χ4n) is 3.61. The van der Waals surface area contributed by atoms with E-state index in [1.165, 1.54) is 44.1 Å². The van der Waals surface area contributed by atoms with Crippen molar-refractivity contribution in [2.75, 3.05) is 6.54 Å². The zero-order valence-corrected chi connectivity index (χ0v) is 13.6. The van der Waals surface area contributed by atoms with Gasteiger partial charge in [-0.25, -0.2) is 0 Å². The molecule has 0 aliphatic heterocycles. The SMILES string of the molecule is CCCC1CCC(C(NCC)c2sccc2C)CC1. The average Bonchev–Trinajstić information content (AvgIpc) is 2.84. The van der Waals surface area contributed by atoms with Crippen LogP contribution in [0.5, 0.6) is 0 Å². The van der Waals surface area contributed by atoms with Crippen LogP contribution in [0.4, 0.5) is 0 Å². The second kappa shape index (κ2) is 7.44. The zero-order valence-electron chi connectivity index (χ0n) is 12.7. The molecule has 0 spiro atoms. The highest BCUT2D eigenvalue weighted by Crippen LogP contribution is 2.40. The van der Waals surface area contributed by atoms with Crippen molar-refractivity contribution in [3.05, 3.63) is 21.9 Å². The van der Waals surface area contributed by atoms with Crippen LogP contribution in [0.1, 0.15) is 68.9 Å². The van der Waals surface area contributed by atoms with Crippen molar-refractivity contribution in [2.45, 2.75) is 65.3 Å². The van der Waals surface area contributed by atoms with E-state index in [1.807, 2.05) is 11.3 Å². The summed E-state index contributed by atoms with van der Waals surface area (Å²) >= 11 is 1.94. The van der Waals surface area contributed by atoms with E-state index in [9.17, 15) is 0 Å². The molecule has 0 saturated heterocycles. The molecule has 0 radical (unpaired) electrons. The van der Waals surface area contributed by atoms with Crippen molar-refractivity contribution in [3.8, 4) is 0 Å². The summed E-state index contributed by atoms with van der Waals surface area (Å²) in [4.78, 5) is 1.58. The van der Waals surface area contributed by atoms with E-state index in [4.69, 9.17) is 0 Å². The van der Waals surface area contributed by atoms with Gasteiger partial charge in [0.1, 0.15) is 0 Å². The first-order valence-electron chi connectivity index (χ1n) is 8.03. The van der Waals surface area contributed by atoms with Crippen LogP contribution in [0.2, 0.25) is 0 Å². The first kappa shape index (κ1) is 15.1. The van der Waals surface area contributed by atoms with Crippen LogP contribution in [-0.4, -0.2) is 6.54 Å². The molecular formula is C17H29NS. The fraction of sp³-hybridized carbons (Fsp3) is 0.765. The average molecular weight is 279 g/mol. The van der Waals surface area contributed by atoms with Gasteiger partial charge in [0.05, 0.1) is 0 Å². The summed E-state index contributed by atoms with van der Waals surface area (Å²) in [5.41, 5.74) is 1.48. The standard InChI is InChI=1S/C17H29NS/c1-4-6-14-7-9-15(10-8-14)16(18-5-2)17-13(3)11-12-19-17/h11-12,14-16,18H,4-10H2,1-3H3. The molecule has 1 aliphatic rings. The highest BCUT2D eigenvalue weighted by molar-refractivity contribution is 7.10. The Balaban J connectivity index is 1.99. The Morgan fingerprint density at radius 1 is 1.26 bits per heavy atom. The smallest absolute Gasteiger partial charge is 0.0446 e. The topological polar surface area (TPSA) is 12.0 Å². The van der Waals surface area contributed by atoms with Gasteiger partial charge in [0, 0.05) is 10.9 Å². The van der Waals surface area contributed by atoms with Gasteiger partial charge in [-0.15, -0.1) is 11.3 Å². The molecule has 2 rings (SSSR count). The minimum Gasteiger partial charge on any atom is -0.309 e. The van der Waals surface area contributed by atoms with E-state index >= 15 is 0 Å². The molecule has 1 nitrogen and oxygen atoms in total. The molecule has 1 unspecified atom stereocenters. The lowest BCUT2D eigenvalue weighted by atomic mass is 9.76. The van der Waals surface area contributed by atoms with E-state index in [-0.39, 0.29) is 0 Å². The molecule has 1 fully saturated rings. The minimum absolute atomic E-state index is 0.604. The Morgan fingerprint density at radius 2 is 2.00 bits per heavy atom. The Labute approximate surface area is 122 Å². The number of aryl methyl sites for hydroxylation is 1. The van der Waals surface area contributed by atoms with Gasteiger partial charge in [0.15, 0.2) is 0 Å². The lowest BCUT2D eigenvalue weighted by Gasteiger charge is -2.34. The Hall–Kier alpha value is -0.340. The van der Waals surface area contributed by atoms with E-state index in [0.717, 1.165) is 18.4 Å². The van der Waals surface area contributed by atoms with Crippen LogP contribution in [0, 0.1) is 18.8 Å². The second-order valence-electron chi connectivity index (χ2n) is 6.07. The van der Waals surface area contributed by atoms with Gasteiger partial charge >= 0.3 is 0 Å². The zero-order chi connectivity index (χ0) is 13.7. The first-order valence-corrected chi connectivity index (χ1v) is 8.91. The lowest BCUT2D eigenvalue weighted by Crippen LogP contribution is -2.30. The van der Waals surface area contributed by atoms with Gasteiger partial charge in [0.2, 0.25) is 0 Å². The van der Waals surface area contributed by atoms with Crippen LogP contribution < -0.4 is 5.32 Å². The number of hydrogen-bond acceptors (Lipinski definition) is 2. The molecule has 0 aromatic carbocycles. The van der Waals surface area contributed by atoms with Gasteiger partial charge in [-0.05, 0) is 55.2 Å². The summed E-state index contributed by atoms with van der Waals surface area (Å²) in [6, 6.07) is 2.88. The third kappa shape index (κ3) is 3.82. The van der Waals surface area contributed by atoms with Crippen LogP contribution in [-0.2, 0) is 0 Å². The van der Waals surface area contributed by atoms with Crippen LogP contribution >= 0.6 is 11.3 Å². The molecule has 19 heavy (non-hydrogen) atoms. The van der Waals surface area contributed by atoms with Crippen LogP contribution in [0.3, 0.4) is 0 Å². The normalized spacial score (nSPS) is 25.4. The molecule has 0 bridgehead atoms. The second-order valence-corrected chi connectivity index (χ2v) is 7.02. The maximum Gasteiger partial charge on any atom is 0.0446 e. The quantitative estimate of drug-likeness (QED) is 0.743. The molecule has 1 aromatic rings. The van der Waals surface area contributed by atoms with E-state index < -0.39 is 0 Å². The molecule has 1 heterocycles. The van der Waals surface area contributed by atoms with Gasteiger partial charge < -0.3 is 5.32 Å². The molecule has 1 saturated carbocycles. The molecule has 0 amide bonds. The Morgan fingerprint density at radius 3 is 2.53 bits per heavy atom. The van der Waals surface area contributed by atoms with Crippen molar-refractivity contribution < 1.29 is 0 Å². The molecule has 1 aromatic heterocycles. The Bertz CT molecular complexity index is 363. The molecule has 1 aliphatic carbocycles. The third-order valence-electron chi connectivity index (χ3n) is 4.67. The van der Waals surface area contributed by atoms with Crippen molar-refractivity contribution in [2.24, 2.45) is 11.8 Å². The summed E-state index contributed by atoms with van der Waals surface area (Å²) in [7, 11) is 0. The van der Waals surface area contributed by atoms with Gasteiger partial charge in [-0.3, -0.25) is 0 Å². The first-order chi connectivity index (χ1) is 9.26. The summed E-state index contributed by atoms with van der Waals surface area (Å²) in [5, 5.41) is 6.00. The number of thiophene rings is 1. The molecule has 2 heteroatoms. The number of rotatable bonds is 6. The Kier molecular flexibility index (Phi) is 5.90. The van der Waals surface area contributed by atoms with Crippen LogP contribution in [0.15, 0.2) is 11.4 Å². The predicted molar refractivity (Wildman–Crippen MR) is 85.8 cm³/mol. The van der Waals surface area contributed by atoms with Gasteiger partial charge in [0.25, 0.3) is 0 Å². The summed E-state index contributed by atoms with van der Waals surface area (Å²) in [5.74, 6) is 1.86. The van der Waals surface area contributed by atoms with Crippen LogP contribution in [0.25, 0.3) is 0 Å². The summed E-state index contributed by atoms with van der Waals surface area (Å²) in [6.07, 6.45) is 8.53. The molecule has 1 atom stereocenters. The van der Waals surface area contributed by atoms with E-state index in [1.54, 1.807) is 4.88 Å². The van der Waals surface area contributed by atoms with Gasteiger partial charge in [-0.1, -0.05) is 39.5 Å². The van der Waals surface area contributed by atoms with Gasteiger partial charge in [-0.2, -0.15) is 0 Å². The van der Waals surface area contributed by atoms with Crippen molar-refractivity contribution in [1.29, 1.82) is 0 Å². The molecular weight excluding hydrogens is 250 g/mol. The molecule has 108 valence electrons. The highest BCUT2D eigenvalue weighted by Gasteiger charge is 2.29. The maximum atomic E-state index is 3.75. The number of nitrogens with one attached hydrogen (secondary N) is 1. The summed E-state index contributed by atoms with van der Waals surface area (Å²) in [6.45, 7) is 7.90. The largest absolute Gasteiger partial charge is 0.309 e. The minimum atomic E-state index is 0.604. The lowest BCUT2D eigenvalue weighted by molar-refractivity contribution is 0.217. The predicted octanol–water partition coefficient (Wildman–Crippen LogP) is 5.31.